The topological polar surface area (TPSA) is 73.5 Å². The van der Waals surface area contributed by atoms with E-state index in [4.69, 9.17) is 14.6 Å². The second-order valence-corrected chi connectivity index (χ2v) is 9.26. The lowest BCUT2D eigenvalue weighted by Gasteiger charge is -2.31. The summed E-state index contributed by atoms with van der Waals surface area (Å²) in [6.45, 7) is 8.77. The van der Waals surface area contributed by atoms with Crippen LogP contribution >= 0.6 is 0 Å². The van der Waals surface area contributed by atoms with Gasteiger partial charge in [0.15, 0.2) is 0 Å². The summed E-state index contributed by atoms with van der Waals surface area (Å²) >= 11 is 0. The summed E-state index contributed by atoms with van der Waals surface area (Å²) in [6.07, 6.45) is 2.81. The molecule has 5 rings (SSSR count). The lowest BCUT2D eigenvalue weighted by atomic mass is 10.0. The highest BCUT2D eigenvalue weighted by Gasteiger charge is 2.36. The zero-order chi connectivity index (χ0) is 26.5. The Bertz CT molecular complexity index is 1380. The van der Waals surface area contributed by atoms with E-state index in [1.54, 1.807) is 0 Å². The van der Waals surface area contributed by atoms with Crippen molar-refractivity contribution < 1.29 is 14.3 Å². The molecule has 0 saturated heterocycles. The third-order valence-corrected chi connectivity index (χ3v) is 6.78. The van der Waals surface area contributed by atoms with Crippen molar-refractivity contribution in [1.29, 1.82) is 0 Å². The van der Waals surface area contributed by atoms with E-state index in [1.807, 2.05) is 85.0 Å². The van der Waals surface area contributed by atoms with Gasteiger partial charge in [-0.3, -0.25) is 0 Å². The van der Waals surface area contributed by atoms with Gasteiger partial charge >= 0.3 is 6.03 Å². The molecule has 8 nitrogen and oxygen atoms in total. The number of aromatic nitrogens is 3. The SMILES string of the molecule is CCOCCCNC(=O)N1Cc2c(C)nn(-c3ccccc3)c2-n2cccc2C1c1cccc(OCC)c1. The van der Waals surface area contributed by atoms with Crippen molar-refractivity contribution in [2.45, 2.75) is 39.8 Å². The third kappa shape index (κ3) is 5.04. The predicted octanol–water partition coefficient (Wildman–Crippen LogP) is 5.41. The summed E-state index contributed by atoms with van der Waals surface area (Å²) in [7, 11) is 0. The lowest BCUT2D eigenvalue weighted by molar-refractivity contribution is 0.143. The van der Waals surface area contributed by atoms with Crippen LogP contribution in [0.2, 0.25) is 0 Å². The minimum Gasteiger partial charge on any atom is -0.494 e. The van der Waals surface area contributed by atoms with E-state index in [0.29, 0.717) is 32.9 Å². The van der Waals surface area contributed by atoms with E-state index in [-0.39, 0.29) is 12.1 Å². The number of ether oxygens (including phenoxy) is 2. The minimum atomic E-state index is -0.326. The Morgan fingerprint density at radius 2 is 1.89 bits per heavy atom. The number of amides is 2. The Hall–Kier alpha value is -4.04. The van der Waals surface area contributed by atoms with Crippen LogP contribution < -0.4 is 10.1 Å². The fraction of sp³-hybridized carbons (Fsp3) is 0.333. The number of hydrogen-bond acceptors (Lipinski definition) is 4. The molecule has 1 atom stereocenters. The smallest absolute Gasteiger partial charge is 0.318 e. The van der Waals surface area contributed by atoms with E-state index >= 15 is 0 Å². The van der Waals surface area contributed by atoms with E-state index in [0.717, 1.165) is 46.2 Å². The van der Waals surface area contributed by atoms with Gasteiger partial charge in [0.2, 0.25) is 0 Å². The fourth-order valence-corrected chi connectivity index (χ4v) is 5.06. The normalized spacial score (nSPS) is 14.5. The number of nitrogens with one attached hydrogen (secondary N) is 1. The second-order valence-electron chi connectivity index (χ2n) is 9.26. The summed E-state index contributed by atoms with van der Waals surface area (Å²) in [5.41, 5.74) is 4.85. The number of fused-ring (bicyclic) bond motifs is 3. The molecule has 0 radical (unpaired) electrons. The summed E-state index contributed by atoms with van der Waals surface area (Å²) in [5.74, 6) is 1.74. The lowest BCUT2D eigenvalue weighted by Crippen LogP contribution is -2.42. The van der Waals surface area contributed by atoms with Gasteiger partial charge in [-0.1, -0.05) is 30.3 Å². The van der Waals surface area contributed by atoms with Crippen LogP contribution in [-0.2, 0) is 11.3 Å². The number of urea groups is 1. The first-order valence-corrected chi connectivity index (χ1v) is 13.3. The summed E-state index contributed by atoms with van der Waals surface area (Å²) in [6, 6.07) is 21.8. The van der Waals surface area contributed by atoms with Crippen molar-refractivity contribution in [2.75, 3.05) is 26.4 Å². The maximum Gasteiger partial charge on any atom is 0.318 e. The van der Waals surface area contributed by atoms with Crippen molar-refractivity contribution in [3.05, 3.63) is 95.4 Å². The molecule has 0 saturated carbocycles. The Morgan fingerprint density at radius 3 is 2.68 bits per heavy atom. The largest absolute Gasteiger partial charge is 0.494 e. The van der Waals surface area contributed by atoms with Crippen LogP contribution in [0, 0.1) is 6.92 Å². The van der Waals surface area contributed by atoms with E-state index in [2.05, 4.69) is 28.2 Å². The molecular formula is C30H35N5O3. The predicted molar refractivity (Wildman–Crippen MR) is 147 cm³/mol. The fourth-order valence-electron chi connectivity index (χ4n) is 5.06. The second kappa shape index (κ2) is 11.6. The molecule has 1 aliphatic heterocycles. The van der Waals surface area contributed by atoms with Gasteiger partial charge in [0, 0.05) is 31.5 Å². The highest BCUT2D eigenvalue weighted by molar-refractivity contribution is 5.76. The van der Waals surface area contributed by atoms with Gasteiger partial charge in [-0.2, -0.15) is 5.10 Å². The standard InChI is InChI=1S/C30H35N5O3/c1-4-37-19-11-17-31-30(36)34-21-26-22(3)32-35(24-13-7-6-8-14-24)29(26)33-18-10-16-27(33)28(34)23-12-9-15-25(20-23)38-5-2/h6-10,12-16,18,20,28H,4-5,11,17,19,21H2,1-3H3,(H,31,36). The average Bonchev–Trinajstić information content (AvgIpc) is 3.49. The summed E-state index contributed by atoms with van der Waals surface area (Å²) < 4.78 is 15.4. The molecule has 198 valence electrons. The number of rotatable bonds is 9. The maximum absolute atomic E-state index is 13.8. The van der Waals surface area contributed by atoms with Gasteiger partial charge in [-0.25, -0.2) is 9.48 Å². The van der Waals surface area contributed by atoms with E-state index in [9.17, 15) is 4.79 Å². The summed E-state index contributed by atoms with van der Waals surface area (Å²) in [4.78, 5) is 15.7. The quantitative estimate of drug-likeness (QED) is 0.304. The number of hydrogen-bond donors (Lipinski definition) is 1. The van der Waals surface area contributed by atoms with Gasteiger partial charge in [0.05, 0.1) is 36.3 Å². The van der Waals surface area contributed by atoms with Gasteiger partial charge in [-0.05, 0) is 69.2 Å². The van der Waals surface area contributed by atoms with Crippen LogP contribution in [0.4, 0.5) is 4.79 Å². The van der Waals surface area contributed by atoms with Crippen LogP contribution in [0.15, 0.2) is 72.9 Å². The van der Waals surface area contributed by atoms with Crippen LogP contribution in [0.3, 0.4) is 0 Å². The number of aryl methyl sites for hydroxylation is 1. The van der Waals surface area contributed by atoms with Gasteiger partial charge < -0.3 is 24.3 Å². The van der Waals surface area contributed by atoms with E-state index < -0.39 is 0 Å². The molecule has 1 aliphatic rings. The first-order chi connectivity index (χ1) is 18.6. The monoisotopic (exact) mass is 513 g/mol. The molecule has 0 fully saturated rings. The molecule has 2 amide bonds. The molecule has 3 heterocycles. The minimum absolute atomic E-state index is 0.124. The number of carbonyl (C=O) groups is 1. The van der Waals surface area contributed by atoms with Crippen LogP contribution in [-0.4, -0.2) is 51.6 Å². The third-order valence-electron chi connectivity index (χ3n) is 6.78. The molecule has 0 bridgehead atoms. The first-order valence-electron chi connectivity index (χ1n) is 13.3. The number of benzene rings is 2. The highest BCUT2D eigenvalue weighted by Crippen LogP contribution is 2.39. The average molecular weight is 514 g/mol. The number of carbonyl (C=O) groups excluding carboxylic acids is 1. The zero-order valence-electron chi connectivity index (χ0n) is 22.3. The van der Waals surface area contributed by atoms with E-state index in [1.165, 1.54) is 0 Å². The molecule has 0 spiro atoms. The Kier molecular flexibility index (Phi) is 7.79. The number of nitrogens with zero attached hydrogens (tertiary/aromatic N) is 4. The molecule has 0 aliphatic carbocycles. The van der Waals surface area contributed by atoms with Gasteiger partial charge in [0.1, 0.15) is 11.6 Å². The molecule has 2 aromatic carbocycles. The zero-order valence-corrected chi connectivity index (χ0v) is 22.3. The Labute approximate surface area is 223 Å². The molecule has 4 aromatic rings. The van der Waals surface area contributed by atoms with Gasteiger partial charge in [0.25, 0.3) is 0 Å². The Balaban J connectivity index is 1.61. The molecule has 1 N–H and O–H groups in total. The van der Waals surface area contributed by atoms with Crippen LogP contribution in [0.5, 0.6) is 5.75 Å². The first kappa shape index (κ1) is 25.6. The van der Waals surface area contributed by atoms with Crippen molar-refractivity contribution >= 4 is 6.03 Å². The van der Waals surface area contributed by atoms with Crippen molar-refractivity contribution in [3.63, 3.8) is 0 Å². The van der Waals surface area contributed by atoms with Crippen molar-refractivity contribution in [3.8, 4) is 17.3 Å². The van der Waals surface area contributed by atoms with Gasteiger partial charge in [-0.15, -0.1) is 0 Å². The van der Waals surface area contributed by atoms with Crippen LogP contribution in [0.25, 0.3) is 11.5 Å². The van der Waals surface area contributed by atoms with Crippen molar-refractivity contribution in [1.82, 2.24) is 24.6 Å². The Morgan fingerprint density at radius 1 is 1.05 bits per heavy atom. The molecular weight excluding hydrogens is 478 g/mol. The number of para-hydroxylation sites is 1. The molecule has 8 heteroatoms. The van der Waals surface area contributed by atoms with Crippen LogP contribution in [0.1, 0.15) is 48.8 Å². The molecule has 38 heavy (non-hydrogen) atoms. The highest BCUT2D eigenvalue weighted by atomic mass is 16.5. The van der Waals surface area contributed by atoms with Crippen molar-refractivity contribution in [2.24, 2.45) is 0 Å². The maximum atomic E-state index is 13.8. The molecule has 1 unspecified atom stereocenters. The summed E-state index contributed by atoms with van der Waals surface area (Å²) in [5, 5.41) is 8.04. The molecule has 2 aromatic heterocycles.